The molecule has 2 N–H and O–H groups in total. The van der Waals surface area contributed by atoms with Crippen molar-refractivity contribution in [2.45, 2.75) is 34.2 Å². The summed E-state index contributed by atoms with van der Waals surface area (Å²) in [5, 5.41) is 0. The maximum Gasteiger partial charge on any atom is 0.201 e. The average Bonchev–Trinajstić information content (AvgIpc) is 2.54. The Hall–Kier alpha value is -1.51. The quantitative estimate of drug-likeness (QED) is 0.861. The summed E-state index contributed by atoms with van der Waals surface area (Å²) >= 11 is 0. The molecule has 1 heterocycles. The summed E-state index contributed by atoms with van der Waals surface area (Å²) in [5.74, 6) is 1.16. The fraction of sp³-hybridized carbons (Fsp3) is 0.500. The van der Waals surface area contributed by atoms with Gasteiger partial charge in [0.15, 0.2) is 0 Å². The number of rotatable bonds is 2. The lowest BCUT2D eigenvalue weighted by molar-refractivity contribution is 0.236. The summed E-state index contributed by atoms with van der Waals surface area (Å²) in [7, 11) is 0. The van der Waals surface area contributed by atoms with E-state index in [9.17, 15) is 0 Å². The molecule has 0 aliphatic rings. The molecule has 3 nitrogen and oxygen atoms in total. The van der Waals surface area contributed by atoms with Crippen LogP contribution in [0.15, 0.2) is 24.3 Å². The summed E-state index contributed by atoms with van der Waals surface area (Å²) in [6, 6.07) is 8.10. The molecule has 0 saturated carbocycles. The Morgan fingerprint density at radius 3 is 2.59 bits per heavy atom. The maximum absolute atomic E-state index is 6.00. The van der Waals surface area contributed by atoms with E-state index in [-0.39, 0.29) is 5.41 Å². The van der Waals surface area contributed by atoms with Crippen molar-refractivity contribution in [1.29, 1.82) is 0 Å². The van der Waals surface area contributed by atoms with E-state index in [2.05, 4.69) is 43.3 Å². The van der Waals surface area contributed by atoms with Gasteiger partial charge in [0.05, 0.1) is 11.0 Å². The van der Waals surface area contributed by atoms with Crippen LogP contribution < -0.4 is 5.73 Å². The lowest BCUT2D eigenvalue weighted by atomic mass is 9.82. The van der Waals surface area contributed by atoms with Gasteiger partial charge in [0.1, 0.15) is 0 Å². The van der Waals surface area contributed by atoms with Crippen LogP contribution in [0.25, 0.3) is 11.0 Å². The third-order valence-electron chi connectivity index (χ3n) is 3.62. The third kappa shape index (κ3) is 2.28. The van der Waals surface area contributed by atoms with Gasteiger partial charge in [0, 0.05) is 6.54 Å². The van der Waals surface area contributed by atoms with Gasteiger partial charge in [-0.3, -0.25) is 0 Å². The topological polar surface area (TPSA) is 43.8 Å². The van der Waals surface area contributed by atoms with E-state index in [1.54, 1.807) is 0 Å². The highest BCUT2D eigenvalue weighted by Gasteiger charge is 2.21. The molecule has 1 unspecified atom stereocenters. The van der Waals surface area contributed by atoms with Crippen molar-refractivity contribution in [3.63, 3.8) is 0 Å². The van der Waals surface area contributed by atoms with Crippen molar-refractivity contribution in [1.82, 2.24) is 9.55 Å². The molecule has 1 aromatic carbocycles. The minimum Gasteiger partial charge on any atom is -0.369 e. The highest BCUT2D eigenvalue weighted by atomic mass is 15.2. The van der Waals surface area contributed by atoms with Crippen LogP contribution in [0.3, 0.4) is 0 Å². The van der Waals surface area contributed by atoms with Gasteiger partial charge < -0.3 is 10.3 Å². The summed E-state index contributed by atoms with van der Waals surface area (Å²) < 4.78 is 2.12. The smallest absolute Gasteiger partial charge is 0.201 e. The molecule has 0 spiro atoms. The van der Waals surface area contributed by atoms with Gasteiger partial charge in [-0.15, -0.1) is 0 Å². The average molecular weight is 231 g/mol. The summed E-state index contributed by atoms with van der Waals surface area (Å²) in [4.78, 5) is 4.39. The van der Waals surface area contributed by atoms with Crippen LogP contribution in [0.4, 0.5) is 5.95 Å². The van der Waals surface area contributed by atoms with Crippen LogP contribution in [0.1, 0.15) is 27.7 Å². The molecule has 1 atom stereocenters. The van der Waals surface area contributed by atoms with E-state index >= 15 is 0 Å². The van der Waals surface area contributed by atoms with Crippen molar-refractivity contribution < 1.29 is 0 Å². The molecule has 92 valence electrons. The first-order valence-corrected chi connectivity index (χ1v) is 6.10. The molecule has 0 saturated heterocycles. The van der Waals surface area contributed by atoms with Crippen molar-refractivity contribution >= 4 is 17.0 Å². The lowest BCUT2D eigenvalue weighted by Crippen LogP contribution is -2.23. The lowest BCUT2D eigenvalue weighted by Gasteiger charge is -2.28. The normalized spacial score (nSPS) is 14.1. The van der Waals surface area contributed by atoms with Crippen LogP contribution in [-0.2, 0) is 6.54 Å². The number of para-hydroxylation sites is 2. The first kappa shape index (κ1) is 12.0. The highest BCUT2D eigenvalue weighted by molar-refractivity contribution is 5.78. The van der Waals surface area contributed by atoms with Crippen molar-refractivity contribution in [2.24, 2.45) is 11.3 Å². The predicted molar refractivity (Wildman–Crippen MR) is 72.8 cm³/mol. The molecule has 2 rings (SSSR count). The Balaban J connectivity index is 2.39. The Bertz CT molecular complexity index is 520. The maximum atomic E-state index is 6.00. The predicted octanol–water partition coefficient (Wildman–Crippen LogP) is 3.30. The molecule has 0 amide bonds. The van der Waals surface area contributed by atoms with Crippen molar-refractivity contribution in [3.05, 3.63) is 24.3 Å². The van der Waals surface area contributed by atoms with Gasteiger partial charge in [0.2, 0.25) is 5.95 Å². The molecule has 3 heteroatoms. The number of anilines is 1. The zero-order valence-corrected chi connectivity index (χ0v) is 11.1. The second-order valence-corrected chi connectivity index (χ2v) is 5.84. The van der Waals surface area contributed by atoms with Crippen LogP contribution in [-0.4, -0.2) is 9.55 Å². The fourth-order valence-corrected chi connectivity index (χ4v) is 1.83. The standard InChI is InChI=1S/C14H21N3/c1-10(14(2,3)4)9-17-12-8-6-5-7-11(12)16-13(17)15/h5-8,10H,9H2,1-4H3,(H2,15,16). The molecular formula is C14H21N3. The van der Waals surface area contributed by atoms with Crippen molar-refractivity contribution in [2.75, 3.05) is 5.73 Å². The highest BCUT2D eigenvalue weighted by Crippen LogP contribution is 2.29. The molecule has 0 radical (unpaired) electrons. The number of fused-ring (bicyclic) bond motifs is 1. The molecule has 0 aliphatic carbocycles. The first-order chi connectivity index (χ1) is 7.89. The molecule has 2 aromatic rings. The molecule has 0 bridgehead atoms. The molecule has 0 fully saturated rings. The number of nitrogens with two attached hydrogens (primary N) is 1. The zero-order chi connectivity index (χ0) is 12.6. The van der Waals surface area contributed by atoms with E-state index in [1.165, 1.54) is 0 Å². The summed E-state index contributed by atoms with van der Waals surface area (Å²) in [6.45, 7) is 9.94. The number of hydrogen-bond acceptors (Lipinski definition) is 2. The number of nitrogens with zero attached hydrogens (tertiary/aromatic N) is 2. The molecule has 0 aliphatic heterocycles. The van der Waals surface area contributed by atoms with Crippen LogP contribution in [0.5, 0.6) is 0 Å². The van der Waals surface area contributed by atoms with Crippen LogP contribution >= 0.6 is 0 Å². The molecular weight excluding hydrogens is 210 g/mol. The minimum atomic E-state index is 0.276. The fourth-order valence-electron chi connectivity index (χ4n) is 1.83. The molecule has 1 aromatic heterocycles. The van der Waals surface area contributed by atoms with Gasteiger partial charge in [-0.25, -0.2) is 4.98 Å². The number of nitrogen functional groups attached to an aromatic ring is 1. The summed E-state index contributed by atoms with van der Waals surface area (Å²) in [6.07, 6.45) is 0. The van der Waals surface area contributed by atoms with Crippen LogP contribution in [0.2, 0.25) is 0 Å². The Kier molecular flexibility index (Phi) is 2.86. The van der Waals surface area contributed by atoms with Crippen molar-refractivity contribution in [3.8, 4) is 0 Å². The van der Waals surface area contributed by atoms with E-state index < -0.39 is 0 Å². The van der Waals surface area contributed by atoms with Gasteiger partial charge in [-0.2, -0.15) is 0 Å². The minimum absolute atomic E-state index is 0.276. The van der Waals surface area contributed by atoms with E-state index in [0.717, 1.165) is 17.6 Å². The number of aromatic nitrogens is 2. The first-order valence-electron chi connectivity index (χ1n) is 6.10. The second-order valence-electron chi connectivity index (χ2n) is 5.84. The van der Waals surface area contributed by atoms with Gasteiger partial charge in [-0.05, 0) is 23.5 Å². The van der Waals surface area contributed by atoms with Crippen LogP contribution in [0, 0.1) is 11.3 Å². The third-order valence-corrected chi connectivity index (χ3v) is 3.62. The summed E-state index contributed by atoms with van der Waals surface area (Å²) in [5.41, 5.74) is 8.38. The Morgan fingerprint density at radius 1 is 1.29 bits per heavy atom. The van der Waals surface area contributed by atoms with E-state index in [0.29, 0.717) is 11.9 Å². The van der Waals surface area contributed by atoms with Gasteiger partial charge >= 0.3 is 0 Å². The Labute approximate surface area is 103 Å². The van der Waals surface area contributed by atoms with E-state index in [1.807, 2.05) is 18.2 Å². The number of imidazole rings is 1. The zero-order valence-electron chi connectivity index (χ0n) is 11.1. The second kappa shape index (κ2) is 4.06. The van der Waals surface area contributed by atoms with Gasteiger partial charge in [-0.1, -0.05) is 39.8 Å². The van der Waals surface area contributed by atoms with E-state index in [4.69, 9.17) is 5.73 Å². The Morgan fingerprint density at radius 2 is 1.94 bits per heavy atom. The largest absolute Gasteiger partial charge is 0.369 e. The number of hydrogen-bond donors (Lipinski definition) is 1. The molecule has 17 heavy (non-hydrogen) atoms. The monoisotopic (exact) mass is 231 g/mol. The SMILES string of the molecule is CC(Cn1c(N)nc2ccccc21)C(C)(C)C. The number of benzene rings is 1. The van der Waals surface area contributed by atoms with Gasteiger partial charge in [0.25, 0.3) is 0 Å².